The molecule has 0 heterocycles. The Labute approximate surface area is 127 Å². The molecule has 0 aliphatic heterocycles. The maximum Gasteiger partial charge on any atom is 0.225 e. The van der Waals surface area contributed by atoms with Crippen molar-refractivity contribution in [1.29, 1.82) is 0 Å². The van der Waals surface area contributed by atoms with Gasteiger partial charge < -0.3 is 15.8 Å². The number of nitrogens with two attached hydrogens (primary N) is 1. The van der Waals surface area contributed by atoms with E-state index >= 15 is 0 Å². The first kappa shape index (κ1) is 15.8. The number of rotatable bonds is 4. The molecule has 1 aliphatic carbocycles. The maximum absolute atomic E-state index is 12.4. The standard InChI is InChI=1S/C17H26N2O2/c1-12-7-8-13(10-15(12)21-3)11-19-16(20)14-6-4-5-9-17(14,2)18/h7-8,10,14H,4-6,9,11,18H2,1-3H3,(H,19,20). The van der Waals surface area contributed by atoms with Crippen molar-refractivity contribution in [2.24, 2.45) is 11.7 Å². The summed E-state index contributed by atoms with van der Waals surface area (Å²) in [5, 5.41) is 3.02. The third-order valence-corrected chi connectivity index (χ3v) is 4.51. The molecule has 0 saturated heterocycles. The Morgan fingerprint density at radius 1 is 1.48 bits per heavy atom. The van der Waals surface area contributed by atoms with Crippen molar-refractivity contribution in [2.75, 3.05) is 7.11 Å². The number of amides is 1. The fourth-order valence-electron chi connectivity index (χ4n) is 3.08. The molecule has 0 radical (unpaired) electrons. The van der Waals surface area contributed by atoms with Crippen molar-refractivity contribution in [3.05, 3.63) is 29.3 Å². The van der Waals surface area contributed by atoms with E-state index in [1.807, 2.05) is 32.0 Å². The average Bonchev–Trinajstić information content (AvgIpc) is 2.45. The zero-order chi connectivity index (χ0) is 15.5. The number of nitrogens with one attached hydrogen (secondary N) is 1. The molecule has 1 fully saturated rings. The molecular weight excluding hydrogens is 264 g/mol. The van der Waals surface area contributed by atoms with Crippen LogP contribution in [-0.4, -0.2) is 18.6 Å². The molecule has 0 aromatic heterocycles. The number of ether oxygens (including phenoxy) is 1. The van der Waals surface area contributed by atoms with Crippen LogP contribution in [-0.2, 0) is 11.3 Å². The van der Waals surface area contributed by atoms with Gasteiger partial charge in [-0.05, 0) is 43.9 Å². The second-order valence-corrected chi connectivity index (χ2v) is 6.33. The van der Waals surface area contributed by atoms with Crippen LogP contribution < -0.4 is 15.8 Å². The Balaban J connectivity index is 1.97. The zero-order valence-electron chi connectivity index (χ0n) is 13.2. The second-order valence-electron chi connectivity index (χ2n) is 6.33. The molecule has 1 saturated carbocycles. The fraction of sp³-hybridized carbons (Fsp3) is 0.588. The Morgan fingerprint density at radius 3 is 2.90 bits per heavy atom. The molecule has 0 bridgehead atoms. The van der Waals surface area contributed by atoms with Gasteiger partial charge in [0.2, 0.25) is 5.91 Å². The van der Waals surface area contributed by atoms with E-state index in [1.54, 1.807) is 7.11 Å². The highest BCUT2D eigenvalue weighted by atomic mass is 16.5. The molecular formula is C17H26N2O2. The van der Waals surface area contributed by atoms with Gasteiger partial charge in [0.1, 0.15) is 5.75 Å². The normalized spacial score (nSPS) is 25.4. The van der Waals surface area contributed by atoms with Crippen LogP contribution >= 0.6 is 0 Å². The zero-order valence-corrected chi connectivity index (χ0v) is 13.2. The molecule has 1 aromatic carbocycles. The first-order valence-corrected chi connectivity index (χ1v) is 7.64. The Hall–Kier alpha value is -1.55. The quantitative estimate of drug-likeness (QED) is 0.895. The highest BCUT2D eigenvalue weighted by Gasteiger charge is 2.37. The lowest BCUT2D eigenvalue weighted by atomic mass is 9.74. The Bertz CT molecular complexity index is 512. The third-order valence-electron chi connectivity index (χ3n) is 4.51. The van der Waals surface area contributed by atoms with Crippen LogP contribution in [0, 0.1) is 12.8 Å². The van der Waals surface area contributed by atoms with E-state index in [1.165, 1.54) is 0 Å². The fourth-order valence-corrected chi connectivity index (χ4v) is 3.08. The lowest BCUT2D eigenvalue weighted by Gasteiger charge is -2.37. The first-order chi connectivity index (χ1) is 9.94. The molecule has 21 heavy (non-hydrogen) atoms. The van der Waals surface area contributed by atoms with Gasteiger partial charge in [-0.15, -0.1) is 0 Å². The largest absolute Gasteiger partial charge is 0.496 e. The van der Waals surface area contributed by atoms with Crippen LogP contribution in [0.15, 0.2) is 18.2 Å². The summed E-state index contributed by atoms with van der Waals surface area (Å²) in [6.07, 6.45) is 4.01. The minimum absolute atomic E-state index is 0.0687. The highest BCUT2D eigenvalue weighted by Crippen LogP contribution is 2.31. The number of carbonyl (C=O) groups is 1. The minimum Gasteiger partial charge on any atom is -0.496 e. The summed E-state index contributed by atoms with van der Waals surface area (Å²) >= 11 is 0. The number of carbonyl (C=O) groups excluding carboxylic acids is 1. The molecule has 1 amide bonds. The predicted molar refractivity (Wildman–Crippen MR) is 84.1 cm³/mol. The number of benzene rings is 1. The van der Waals surface area contributed by atoms with Gasteiger partial charge in [0.25, 0.3) is 0 Å². The molecule has 4 nitrogen and oxygen atoms in total. The van der Waals surface area contributed by atoms with E-state index in [9.17, 15) is 4.79 Å². The average molecular weight is 290 g/mol. The highest BCUT2D eigenvalue weighted by molar-refractivity contribution is 5.80. The number of aryl methyl sites for hydroxylation is 1. The number of hydrogen-bond acceptors (Lipinski definition) is 3. The van der Waals surface area contributed by atoms with Crippen molar-refractivity contribution in [3.8, 4) is 5.75 Å². The van der Waals surface area contributed by atoms with Crippen LogP contribution in [0.5, 0.6) is 5.75 Å². The van der Waals surface area contributed by atoms with Gasteiger partial charge in [-0.1, -0.05) is 25.0 Å². The summed E-state index contributed by atoms with van der Waals surface area (Å²) in [5.74, 6) is 0.834. The summed E-state index contributed by atoms with van der Waals surface area (Å²) in [5.41, 5.74) is 8.03. The van der Waals surface area contributed by atoms with E-state index in [0.29, 0.717) is 6.54 Å². The summed E-state index contributed by atoms with van der Waals surface area (Å²) in [7, 11) is 1.66. The van der Waals surface area contributed by atoms with Crippen molar-refractivity contribution in [1.82, 2.24) is 5.32 Å². The van der Waals surface area contributed by atoms with Gasteiger partial charge in [-0.2, -0.15) is 0 Å². The van der Waals surface area contributed by atoms with E-state index < -0.39 is 0 Å². The van der Waals surface area contributed by atoms with E-state index in [-0.39, 0.29) is 17.4 Å². The van der Waals surface area contributed by atoms with E-state index in [4.69, 9.17) is 10.5 Å². The molecule has 3 N–H and O–H groups in total. The Morgan fingerprint density at radius 2 is 2.24 bits per heavy atom. The lowest BCUT2D eigenvalue weighted by Crippen LogP contribution is -2.52. The molecule has 2 rings (SSSR count). The van der Waals surface area contributed by atoms with Crippen LogP contribution in [0.25, 0.3) is 0 Å². The van der Waals surface area contributed by atoms with Crippen LogP contribution in [0.4, 0.5) is 0 Å². The van der Waals surface area contributed by atoms with Crippen molar-refractivity contribution < 1.29 is 9.53 Å². The molecule has 4 heteroatoms. The SMILES string of the molecule is COc1cc(CNC(=O)C2CCCCC2(C)N)ccc1C. The molecule has 2 atom stereocenters. The first-order valence-electron chi connectivity index (χ1n) is 7.64. The van der Waals surface area contributed by atoms with Crippen LogP contribution in [0.3, 0.4) is 0 Å². The van der Waals surface area contributed by atoms with E-state index in [2.05, 4.69) is 5.32 Å². The second kappa shape index (κ2) is 6.48. The monoisotopic (exact) mass is 290 g/mol. The smallest absolute Gasteiger partial charge is 0.225 e. The topological polar surface area (TPSA) is 64.3 Å². The summed E-state index contributed by atoms with van der Waals surface area (Å²) < 4.78 is 5.31. The molecule has 0 spiro atoms. The van der Waals surface area contributed by atoms with E-state index in [0.717, 1.165) is 42.6 Å². The Kier molecular flexibility index (Phi) is 4.88. The maximum atomic E-state index is 12.4. The summed E-state index contributed by atoms with van der Waals surface area (Å²) in [6.45, 7) is 4.51. The van der Waals surface area contributed by atoms with Gasteiger partial charge in [0.05, 0.1) is 13.0 Å². The summed E-state index contributed by atoms with van der Waals surface area (Å²) in [4.78, 5) is 12.4. The molecule has 116 valence electrons. The van der Waals surface area contributed by atoms with Crippen LogP contribution in [0.2, 0.25) is 0 Å². The predicted octanol–water partition coefficient (Wildman–Crippen LogP) is 2.53. The van der Waals surface area contributed by atoms with Gasteiger partial charge in [-0.25, -0.2) is 0 Å². The molecule has 2 unspecified atom stereocenters. The van der Waals surface area contributed by atoms with Gasteiger partial charge >= 0.3 is 0 Å². The number of methoxy groups -OCH3 is 1. The molecule has 1 aliphatic rings. The number of hydrogen-bond donors (Lipinski definition) is 2. The van der Waals surface area contributed by atoms with Crippen molar-refractivity contribution >= 4 is 5.91 Å². The molecule has 1 aromatic rings. The van der Waals surface area contributed by atoms with Gasteiger partial charge in [-0.3, -0.25) is 4.79 Å². The van der Waals surface area contributed by atoms with Gasteiger partial charge in [0.15, 0.2) is 0 Å². The van der Waals surface area contributed by atoms with Gasteiger partial charge in [0, 0.05) is 12.1 Å². The minimum atomic E-state index is -0.382. The van der Waals surface area contributed by atoms with Crippen LogP contribution in [0.1, 0.15) is 43.7 Å². The lowest BCUT2D eigenvalue weighted by molar-refractivity contribution is -0.128. The summed E-state index contributed by atoms with van der Waals surface area (Å²) in [6, 6.07) is 5.99. The third kappa shape index (κ3) is 3.76. The van der Waals surface area contributed by atoms with Crippen molar-refractivity contribution in [3.63, 3.8) is 0 Å². The van der Waals surface area contributed by atoms with Crippen molar-refractivity contribution in [2.45, 2.75) is 51.6 Å².